The lowest BCUT2D eigenvalue weighted by molar-refractivity contribution is 0.751. The van der Waals surface area contributed by atoms with Crippen molar-refractivity contribution < 1.29 is 0 Å². The minimum atomic E-state index is -0.196. The van der Waals surface area contributed by atoms with Crippen LogP contribution in [0.15, 0.2) is 41.7 Å². The van der Waals surface area contributed by atoms with Gasteiger partial charge in [-0.05, 0) is 5.56 Å². The predicted octanol–water partition coefficient (Wildman–Crippen LogP) is 0.565. The van der Waals surface area contributed by atoms with Crippen molar-refractivity contribution in [2.45, 2.75) is 6.17 Å². The van der Waals surface area contributed by atoms with Crippen LogP contribution in [-0.2, 0) is 0 Å². The lowest BCUT2D eigenvalue weighted by Crippen LogP contribution is -2.32. The molecule has 1 aromatic heterocycles. The van der Waals surface area contributed by atoms with Crippen molar-refractivity contribution in [3.63, 3.8) is 0 Å². The number of aromatic nitrogens is 3. The molecule has 1 aliphatic rings. The molecule has 0 saturated carbocycles. The molecule has 0 radical (unpaired) electrons. The van der Waals surface area contributed by atoms with Crippen LogP contribution in [0.1, 0.15) is 11.7 Å². The summed E-state index contributed by atoms with van der Waals surface area (Å²) in [5, 5.41) is 7.10. The molecule has 80 valence electrons. The maximum absolute atomic E-state index is 5.79. The van der Waals surface area contributed by atoms with Crippen LogP contribution in [0.2, 0.25) is 0 Å². The molecule has 2 heterocycles. The number of fused-ring (bicyclic) bond motifs is 1. The molecule has 1 aromatic carbocycles. The smallest absolute Gasteiger partial charge is 0.230 e. The number of benzene rings is 1. The number of nitrogens with two attached hydrogens (primary N) is 1. The number of anilines is 1. The molecular formula is C10H10N6. The highest BCUT2D eigenvalue weighted by molar-refractivity contribution is 5.83. The van der Waals surface area contributed by atoms with Gasteiger partial charge in [-0.3, -0.25) is 0 Å². The monoisotopic (exact) mass is 214 g/mol. The topological polar surface area (TPSA) is 81.1 Å². The molecule has 0 bridgehead atoms. The molecule has 3 rings (SSSR count). The molecular weight excluding hydrogens is 204 g/mol. The van der Waals surface area contributed by atoms with Crippen molar-refractivity contribution in [1.82, 2.24) is 14.8 Å². The Morgan fingerprint density at radius 3 is 2.88 bits per heavy atom. The van der Waals surface area contributed by atoms with Crippen LogP contribution in [0, 0.1) is 0 Å². The van der Waals surface area contributed by atoms with Crippen molar-refractivity contribution in [1.29, 1.82) is 0 Å². The first-order valence-electron chi connectivity index (χ1n) is 4.90. The first-order chi connectivity index (χ1) is 7.84. The second-order valence-corrected chi connectivity index (χ2v) is 3.44. The van der Waals surface area contributed by atoms with Gasteiger partial charge >= 0.3 is 0 Å². The highest BCUT2D eigenvalue weighted by Crippen LogP contribution is 2.22. The molecule has 16 heavy (non-hydrogen) atoms. The molecule has 0 spiro atoms. The van der Waals surface area contributed by atoms with Crippen LogP contribution in [0.25, 0.3) is 0 Å². The molecule has 0 amide bonds. The van der Waals surface area contributed by atoms with Gasteiger partial charge in [-0.15, -0.1) is 0 Å². The Bertz CT molecular complexity index is 529. The van der Waals surface area contributed by atoms with E-state index in [1.54, 1.807) is 0 Å². The van der Waals surface area contributed by atoms with Crippen LogP contribution in [-0.4, -0.2) is 20.7 Å². The van der Waals surface area contributed by atoms with Gasteiger partial charge in [0.1, 0.15) is 6.33 Å². The molecule has 1 aliphatic heterocycles. The minimum Gasteiger partial charge on any atom is -0.368 e. The van der Waals surface area contributed by atoms with Gasteiger partial charge in [0.05, 0.1) is 0 Å². The van der Waals surface area contributed by atoms with Gasteiger partial charge in [0.15, 0.2) is 6.17 Å². The van der Waals surface area contributed by atoms with Crippen molar-refractivity contribution in [3.8, 4) is 0 Å². The summed E-state index contributed by atoms with van der Waals surface area (Å²) in [6.07, 6.45) is 1.25. The quantitative estimate of drug-likeness (QED) is 0.727. The predicted molar refractivity (Wildman–Crippen MR) is 59.8 cm³/mol. The Balaban J connectivity index is 2.00. The molecule has 0 saturated heterocycles. The van der Waals surface area contributed by atoms with Crippen molar-refractivity contribution in [2.75, 3.05) is 5.32 Å². The summed E-state index contributed by atoms with van der Waals surface area (Å²) in [6, 6.07) is 9.85. The average Bonchev–Trinajstić information content (AvgIpc) is 2.79. The fraction of sp³-hybridized carbons (Fsp3) is 0.100. The third-order valence-corrected chi connectivity index (χ3v) is 2.41. The number of nitrogens with zero attached hydrogens (tertiary/aromatic N) is 4. The third kappa shape index (κ3) is 1.31. The van der Waals surface area contributed by atoms with Gasteiger partial charge in [0.2, 0.25) is 11.9 Å². The summed E-state index contributed by atoms with van der Waals surface area (Å²) in [7, 11) is 0. The average molecular weight is 214 g/mol. The van der Waals surface area contributed by atoms with Crippen molar-refractivity contribution in [2.24, 2.45) is 10.7 Å². The molecule has 1 atom stereocenters. The fourth-order valence-corrected chi connectivity index (χ4v) is 1.64. The van der Waals surface area contributed by atoms with E-state index in [9.17, 15) is 0 Å². The van der Waals surface area contributed by atoms with Crippen LogP contribution in [0.4, 0.5) is 5.95 Å². The summed E-state index contributed by atoms with van der Waals surface area (Å²) in [4.78, 5) is 8.37. The lowest BCUT2D eigenvalue weighted by Gasteiger charge is -2.20. The number of hydrogen-bond acceptors (Lipinski definition) is 5. The number of hydrogen-bond donors (Lipinski definition) is 2. The molecule has 0 fully saturated rings. The molecule has 6 nitrogen and oxygen atoms in total. The van der Waals surface area contributed by atoms with E-state index in [1.807, 2.05) is 30.3 Å². The van der Waals surface area contributed by atoms with Gasteiger partial charge in [-0.1, -0.05) is 30.3 Å². The number of rotatable bonds is 1. The van der Waals surface area contributed by atoms with E-state index in [0.29, 0.717) is 11.9 Å². The highest BCUT2D eigenvalue weighted by Gasteiger charge is 2.20. The second-order valence-electron chi connectivity index (χ2n) is 3.44. The van der Waals surface area contributed by atoms with Crippen LogP contribution >= 0.6 is 0 Å². The van der Waals surface area contributed by atoms with E-state index in [4.69, 9.17) is 5.73 Å². The van der Waals surface area contributed by atoms with Gasteiger partial charge < -0.3 is 11.1 Å². The first-order valence-corrected chi connectivity index (χ1v) is 4.90. The highest BCUT2D eigenvalue weighted by atomic mass is 15.5. The van der Waals surface area contributed by atoms with Crippen LogP contribution < -0.4 is 11.1 Å². The summed E-state index contributed by atoms with van der Waals surface area (Å²) >= 11 is 0. The Labute approximate surface area is 91.8 Å². The largest absolute Gasteiger partial charge is 0.368 e. The normalized spacial score (nSPS) is 18.5. The number of aliphatic imine (C=N–C) groups is 1. The van der Waals surface area contributed by atoms with E-state index >= 15 is 0 Å². The van der Waals surface area contributed by atoms with Crippen LogP contribution in [0.5, 0.6) is 0 Å². The third-order valence-electron chi connectivity index (χ3n) is 2.41. The second kappa shape index (κ2) is 3.34. The molecule has 0 aliphatic carbocycles. The summed E-state index contributed by atoms with van der Waals surface area (Å²) in [5.74, 6) is 0.960. The zero-order valence-corrected chi connectivity index (χ0v) is 8.41. The zero-order valence-electron chi connectivity index (χ0n) is 8.41. The van der Waals surface area contributed by atoms with E-state index in [1.165, 1.54) is 11.0 Å². The molecule has 6 heteroatoms. The molecule has 3 N–H and O–H groups in total. The summed E-state index contributed by atoms with van der Waals surface area (Å²) in [5.41, 5.74) is 6.83. The van der Waals surface area contributed by atoms with Crippen molar-refractivity contribution >= 4 is 11.9 Å². The lowest BCUT2D eigenvalue weighted by atomic mass is 10.2. The minimum absolute atomic E-state index is 0.196. The standard InChI is InChI=1S/C10H10N6/c11-9-14-8(7-4-2-1-3-5-7)15-10-12-6-13-16(9)10/h1-6,8H,(H2,11,14)(H,12,13,15)/t8-/m1/s1. The van der Waals surface area contributed by atoms with Crippen molar-refractivity contribution in [3.05, 3.63) is 42.2 Å². The van der Waals surface area contributed by atoms with E-state index in [0.717, 1.165) is 5.56 Å². The van der Waals surface area contributed by atoms with E-state index in [2.05, 4.69) is 20.4 Å². The SMILES string of the molecule is NC1=N[C@@H](c2ccccc2)Nc2ncnn21. The first kappa shape index (κ1) is 8.90. The van der Waals surface area contributed by atoms with Gasteiger partial charge in [0, 0.05) is 0 Å². The van der Waals surface area contributed by atoms with Gasteiger partial charge in [-0.25, -0.2) is 4.99 Å². The number of nitrogens with one attached hydrogen (secondary N) is 1. The maximum Gasteiger partial charge on any atom is 0.230 e. The van der Waals surface area contributed by atoms with E-state index in [-0.39, 0.29) is 6.17 Å². The molecule has 0 unspecified atom stereocenters. The van der Waals surface area contributed by atoms with E-state index < -0.39 is 0 Å². The summed E-state index contributed by atoms with van der Waals surface area (Å²) < 4.78 is 1.47. The maximum atomic E-state index is 5.79. The Hall–Kier alpha value is -2.37. The summed E-state index contributed by atoms with van der Waals surface area (Å²) in [6.45, 7) is 0. The van der Waals surface area contributed by atoms with Crippen LogP contribution in [0.3, 0.4) is 0 Å². The Morgan fingerprint density at radius 1 is 1.25 bits per heavy atom. The molecule has 2 aromatic rings. The van der Waals surface area contributed by atoms with Gasteiger partial charge in [0.25, 0.3) is 0 Å². The fourth-order valence-electron chi connectivity index (χ4n) is 1.64. The van der Waals surface area contributed by atoms with Gasteiger partial charge in [-0.2, -0.15) is 14.8 Å². The Morgan fingerprint density at radius 2 is 2.06 bits per heavy atom. The Kier molecular flexibility index (Phi) is 1.86. The zero-order chi connectivity index (χ0) is 11.0.